The number of aromatic nitrogens is 1. The normalized spacial score (nSPS) is 12.4. The Morgan fingerprint density at radius 3 is 2.15 bits per heavy atom. The Labute approximate surface area is 158 Å². The van der Waals surface area contributed by atoms with Gasteiger partial charge >= 0.3 is 5.97 Å². The molecule has 0 bridgehead atoms. The van der Waals surface area contributed by atoms with Crippen LogP contribution in [-0.4, -0.2) is 37.4 Å². The lowest BCUT2D eigenvalue weighted by atomic mass is 10.2. The van der Waals surface area contributed by atoms with Crippen molar-refractivity contribution >= 4 is 27.6 Å². The molecule has 0 fully saturated rings. The highest BCUT2D eigenvalue weighted by atomic mass is 32.2. The Hall–Kier alpha value is -2.78. The molecule has 0 aliphatic carbocycles. The third-order valence-electron chi connectivity index (χ3n) is 3.39. The van der Waals surface area contributed by atoms with Crippen molar-refractivity contribution in [1.82, 2.24) is 9.71 Å². The van der Waals surface area contributed by atoms with E-state index in [1.54, 1.807) is 13.8 Å². The molecule has 1 heterocycles. The van der Waals surface area contributed by atoms with Crippen LogP contribution in [0.3, 0.4) is 0 Å². The van der Waals surface area contributed by atoms with Gasteiger partial charge in [-0.05, 0) is 57.2 Å². The number of carbonyl (C=O) groups is 2. The number of pyridine rings is 1. The first-order valence-electron chi connectivity index (χ1n) is 8.23. The molecule has 1 aromatic heterocycles. The van der Waals surface area contributed by atoms with Gasteiger partial charge in [0.25, 0.3) is 5.91 Å². The van der Waals surface area contributed by atoms with Crippen LogP contribution in [0.4, 0.5) is 5.69 Å². The predicted molar refractivity (Wildman–Crippen MR) is 99.6 cm³/mol. The largest absolute Gasteiger partial charge is 0.449 e. The van der Waals surface area contributed by atoms with Crippen LogP contribution in [0, 0.1) is 0 Å². The second-order valence-electron chi connectivity index (χ2n) is 6.07. The van der Waals surface area contributed by atoms with Crippen LogP contribution in [0.2, 0.25) is 0 Å². The van der Waals surface area contributed by atoms with Gasteiger partial charge < -0.3 is 10.1 Å². The zero-order valence-electron chi connectivity index (χ0n) is 15.2. The summed E-state index contributed by atoms with van der Waals surface area (Å²) < 4.78 is 31.7. The van der Waals surface area contributed by atoms with E-state index in [2.05, 4.69) is 15.0 Å². The Kier molecular flexibility index (Phi) is 6.65. The molecule has 0 aliphatic heterocycles. The number of carbonyl (C=O) groups excluding carboxylic acids is 2. The Balaban J connectivity index is 1.98. The van der Waals surface area contributed by atoms with Crippen molar-refractivity contribution in [3.8, 4) is 0 Å². The van der Waals surface area contributed by atoms with Crippen molar-refractivity contribution in [2.24, 2.45) is 0 Å². The zero-order valence-corrected chi connectivity index (χ0v) is 16.0. The van der Waals surface area contributed by atoms with Gasteiger partial charge in [-0.1, -0.05) is 0 Å². The van der Waals surface area contributed by atoms with Crippen molar-refractivity contribution < 1.29 is 22.7 Å². The maximum Gasteiger partial charge on any atom is 0.339 e. The fourth-order valence-electron chi connectivity index (χ4n) is 2.11. The summed E-state index contributed by atoms with van der Waals surface area (Å²) in [7, 11) is -3.60. The lowest BCUT2D eigenvalue weighted by Crippen LogP contribution is -2.30. The van der Waals surface area contributed by atoms with Gasteiger partial charge in [0.05, 0.1) is 10.5 Å². The molecule has 9 heteroatoms. The summed E-state index contributed by atoms with van der Waals surface area (Å²) in [6, 6.07) is 8.43. The fraction of sp³-hybridized carbons (Fsp3) is 0.278. The highest BCUT2D eigenvalue weighted by molar-refractivity contribution is 7.89. The van der Waals surface area contributed by atoms with E-state index in [0.29, 0.717) is 5.69 Å². The molecule has 144 valence electrons. The molecule has 27 heavy (non-hydrogen) atoms. The number of nitrogens with zero attached hydrogens (tertiary/aromatic N) is 1. The number of benzene rings is 1. The molecule has 0 unspecified atom stereocenters. The standard InChI is InChI=1S/C18H21N3O5S/c1-12(2)21-27(24,25)16-6-4-15(5-7-16)20-17(22)13(3)26-18(23)14-8-10-19-11-9-14/h4-13,21H,1-3H3,(H,20,22)/t13-/m0/s1. The average Bonchev–Trinajstić information content (AvgIpc) is 2.61. The second kappa shape index (κ2) is 8.74. The van der Waals surface area contributed by atoms with Crippen molar-refractivity contribution in [1.29, 1.82) is 0 Å². The van der Waals surface area contributed by atoms with E-state index in [-0.39, 0.29) is 16.5 Å². The van der Waals surface area contributed by atoms with Crippen molar-refractivity contribution in [2.45, 2.75) is 37.8 Å². The molecule has 8 nitrogen and oxygen atoms in total. The monoisotopic (exact) mass is 391 g/mol. The molecule has 2 N–H and O–H groups in total. The van der Waals surface area contributed by atoms with E-state index in [0.717, 1.165) is 0 Å². The summed E-state index contributed by atoms with van der Waals surface area (Å²) in [6.07, 6.45) is 1.87. The van der Waals surface area contributed by atoms with Crippen molar-refractivity contribution in [2.75, 3.05) is 5.32 Å². The number of nitrogens with one attached hydrogen (secondary N) is 2. The van der Waals surface area contributed by atoms with E-state index in [1.807, 2.05) is 0 Å². The van der Waals surface area contributed by atoms with E-state index in [1.165, 1.54) is 55.7 Å². The first kappa shape index (κ1) is 20.5. The Morgan fingerprint density at radius 1 is 1.00 bits per heavy atom. The Bertz CT molecular complexity index is 896. The van der Waals surface area contributed by atoms with Gasteiger partial charge in [0.2, 0.25) is 10.0 Å². The maximum atomic E-state index is 12.2. The lowest BCUT2D eigenvalue weighted by molar-refractivity contribution is -0.123. The number of hydrogen-bond donors (Lipinski definition) is 2. The van der Waals surface area contributed by atoms with Gasteiger partial charge in [-0.3, -0.25) is 9.78 Å². The summed E-state index contributed by atoms with van der Waals surface area (Å²) in [4.78, 5) is 28.0. The zero-order chi connectivity index (χ0) is 20.0. The van der Waals surface area contributed by atoms with Gasteiger partial charge in [0, 0.05) is 24.1 Å². The molecule has 1 aromatic carbocycles. The third kappa shape index (κ3) is 5.87. The van der Waals surface area contributed by atoms with Gasteiger partial charge in [-0.25, -0.2) is 17.9 Å². The van der Waals surface area contributed by atoms with Crippen LogP contribution in [-0.2, 0) is 19.6 Å². The van der Waals surface area contributed by atoms with Crippen LogP contribution in [0.5, 0.6) is 0 Å². The average molecular weight is 391 g/mol. The topological polar surface area (TPSA) is 114 Å². The molecule has 0 radical (unpaired) electrons. The minimum atomic E-state index is -3.60. The highest BCUT2D eigenvalue weighted by Crippen LogP contribution is 2.15. The summed E-state index contributed by atoms with van der Waals surface area (Å²) in [5, 5.41) is 2.57. The third-order valence-corrected chi connectivity index (χ3v) is 5.07. The number of sulfonamides is 1. The first-order valence-corrected chi connectivity index (χ1v) is 9.71. The molecular formula is C18H21N3O5S. The van der Waals surface area contributed by atoms with E-state index in [4.69, 9.17) is 4.74 Å². The van der Waals surface area contributed by atoms with Gasteiger partial charge in [0.1, 0.15) is 0 Å². The summed E-state index contributed by atoms with van der Waals surface area (Å²) >= 11 is 0. The minimum Gasteiger partial charge on any atom is -0.449 e. The molecule has 0 saturated carbocycles. The molecule has 0 aliphatic rings. The fourth-order valence-corrected chi connectivity index (χ4v) is 3.36. The number of amides is 1. The molecule has 1 amide bonds. The highest BCUT2D eigenvalue weighted by Gasteiger charge is 2.20. The molecular weight excluding hydrogens is 370 g/mol. The first-order chi connectivity index (χ1) is 12.7. The SMILES string of the molecule is CC(C)NS(=O)(=O)c1ccc(NC(=O)[C@H](C)OC(=O)c2ccncc2)cc1. The molecule has 2 rings (SSSR count). The second-order valence-corrected chi connectivity index (χ2v) is 7.79. The van der Waals surface area contributed by atoms with Crippen LogP contribution in [0.1, 0.15) is 31.1 Å². The molecule has 1 atom stereocenters. The van der Waals surface area contributed by atoms with Gasteiger partial charge in [-0.2, -0.15) is 0 Å². The Morgan fingerprint density at radius 2 is 1.59 bits per heavy atom. The van der Waals surface area contributed by atoms with Gasteiger partial charge in [-0.15, -0.1) is 0 Å². The van der Waals surface area contributed by atoms with Crippen molar-refractivity contribution in [3.63, 3.8) is 0 Å². The predicted octanol–water partition coefficient (Wildman–Crippen LogP) is 1.95. The maximum absolute atomic E-state index is 12.2. The van der Waals surface area contributed by atoms with Crippen LogP contribution < -0.4 is 10.0 Å². The number of anilines is 1. The summed E-state index contributed by atoms with van der Waals surface area (Å²) in [6.45, 7) is 4.89. The number of esters is 1. The molecule has 0 saturated heterocycles. The minimum absolute atomic E-state index is 0.0892. The van der Waals surface area contributed by atoms with E-state index >= 15 is 0 Å². The van der Waals surface area contributed by atoms with Crippen LogP contribution in [0.25, 0.3) is 0 Å². The smallest absolute Gasteiger partial charge is 0.339 e. The van der Waals surface area contributed by atoms with Crippen LogP contribution in [0.15, 0.2) is 53.7 Å². The molecule has 2 aromatic rings. The molecule has 0 spiro atoms. The number of ether oxygens (including phenoxy) is 1. The lowest BCUT2D eigenvalue weighted by Gasteiger charge is -2.14. The van der Waals surface area contributed by atoms with Crippen LogP contribution >= 0.6 is 0 Å². The number of rotatable bonds is 7. The number of hydrogen-bond acceptors (Lipinski definition) is 6. The van der Waals surface area contributed by atoms with E-state index < -0.39 is 28.0 Å². The van der Waals surface area contributed by atoms with Gasteiger partial charge in [0.15, 0.2) is 6.10 Å². The quantitative estimate of drug-likeness (QED) is 0.697. The summed E-state index contributed by atoms with van der Waals surface area (Å²) in [5.41, 5.74) is 0.673. The van der Waals surface area contributed by atoms with Crippen molar-refractivity contribution in [3.05, 3.63) is 54.4 Å². The summed E-state index contributed by atoms with van der Waals surface area (Å²) in [5.74, 6) is -1.17. The van der Waals surface area contributed by atoms with E-state index in [9.17, 15) is 18.0 Å².